The molecule has 0 saturated heterocycles. The van der Waals surface area contributed by atoms with Gasteiger partial charge in [0.15, 0.2) is 0 Å². The first-order valence-electron chi connectivity index (χ1n) is 5.51. The van der Waals surface area contributed by atoms with Gasteiger partial charge in [0.05, 0.1) is 5.56 Å². The summed E-state index contributed by atoms with van der Waals surface area (Å²) in [5.41, 5.74) is -0.500. The van der Waals surface area contributed by atoms with Gasteiger partial charge in [-0.15, -0.1) is 0 Å². The second-order valence-corrected chi connectivity index (χ2v) is 4.29. The van der Waals surface area contributed by atoms with Crippen LogP contribution in [0.2, 0.25) is 0 Å². The Morgan fingerprint density at radius 1 is 1.35 bits per heavy atom. The number of nitrogens with zero attached hydrogens (tertiary/aromatic N) is 1. The number of carbonyl (C=O) groups is 1. The van der Waals surface area contributed by atoms with Crippen LogP contribution in [0, 0.1) is 0 Å². The molecule has 2 nitrogen and oxygen atoms in total. The summed E-state index contributed by atoms with van der Waals surface area (Å²) in [6, 6.07) is 0.981. The summed E-state index contributed by atoms with van der Waals surface area (Å²) in [6.45, 7) is 0. The molecule has 1 aliphatic rings. The Balaban J connectivity index is 2.34. The lowest BCUT2D eigenvalue weighted by Gasteiger charge is -2.23. The Labute approximate surface area is 96.9 Å². The molecule has 2 rings (SSSR count). The average molecular weight is 243 g/mol. The highest BCUT2D eigenvalue weighted by Gasteiger charge is 2.36. The fourth-order valence-corrected chi connectivity index (χ4v) is 2.28. The lowest BCUT2D eigenvalue weighted by atomic mass is 9.82. The Morgan fingerprint density at radius 2 is 2.12 bits per heavy atom. The van der Waals surface area contributed by atoms with Crippen molar-refractivity contribution in [2.24, 2.45) is 0 Å². The van der Waals surface area contributed by atoms with Crippen LogP contribution in [0.3, 0.4) is 0 Å². The maximum Gasteiger partial charge on any atom is 0.416 e. The molecule has 1 fully saturated rings. The van der Waals surface area contributed by atoms with Gasteiger partial charge in [0.25, 0.3) is 0 Å². The average Bonchev–Trinajstić information content (AvgIpc) is 2.28. The van der Waals surface area contributed by atoms with Gasteiger partial charge in [-0.05, 0) is 30.4 Å². The number of alkyl halides is 3. The van der Waals surface area contributed by atoms with E-state index in [1.807, 2.05) is 0 Å². The van der Waals surface area contributed by atoms with Crippen LogP contribution in [-0.2, 0) is 11.0 Å². The molecule has 1 aromatic heterocycles. The molecule has 92 valence electrons. The molecule has 0 N–H and O–H groups in total. The van der Waals surface area contributed by atoms with Crippen LogP contribution in [0.1, 0.15) is 42.7 Å². The Kier molecular flexibility index (Phi) is 3.17. The molecule has 1 aromatic rings. The zero-order chi connectivity index (χ0) is 12.5. The van der Waals surface area contributed by atoms with Crippen LogP contribution < -0.4 is 0 Å². The van der Waals surface area contributed by atoms with E-state index >= 15 is 0 Å². The predicted molar refractivity (Wildman–Crippen MR) is 55.5 cm³/mol. The molecule has 1 heterocycles. The summed E-state index contributed by atoms with van der Waals surface area (Å²) in [7, 11) is 0. The first-order chi connectivity index (χ1) is 7.98. The van der Waals surface area contributed by atoms with Crippen molar-refractivity contribution in [1.29, 1.82) is 0 Å². The highest BCUT2D eigenvalue weighted by atomic mass is 19.4. The van der Waals surface area contributed by atoms with Gasteiger partial charge in [-0.2, -0.15) is 13.2 Å². The summed E-state index contributed by atoms with van der Waals surface area (Å²) in [5.74, 6) is -0.292. The van der Waals surface area contributed by atoms with Crippen LogP contribution in [0.25, 0.3) is 0 Å². The number of pyridine rings is 1. The second kappa shape index (κ2) is 4.47. The smallest absolute Gasteiger partial charge is 0.300 e. The first kappa shape index (κ1) is 12.1. The highest BCUT2D eigenvalue weighted by Crippen LogP contribution is 2.39. The van der Waals surface area contributed by atoms with E-state index in [0.29, 0.717) is 19.3 Å². The number of halogens is 3. The molecule has 0 bridgehead atoms. The minimum absolute atomic E-state index is 0.0400. The first-order valence-corrected chi connectivity index (χ1v) is 5.51. The lowest BCUT2D eigenvalue weighted by Crippen LogP contribution is -2.18. The number of carbonyl (C=O) groups excluding carboxylic acids is 1. The minimum atomic E-state index is -4.38. The maximum atomic E-state index is 12.8. The molecule has 0 amide bonds. The van der Waals surface area contributed by atoms with Crippen molar-refractivity contribution in [2.45, 2.75) is 37.8 Å². The molecule has 0 radical (unpaired) electrons. The molecule has 1 atom stereocenters. The Morgan fingerprint density at radius 3 is 2.76 bits per heavy atom. The minimum Gasteiger partial charge on any atom is -0.300 e. The largest absolute Gasteiger partial charge is 0.416 e. The van der Waals surface area contributed by atoms with Crippen molar-refractivity contribution in [1.82, 2.24) is 4.98 Å². The van der Waals surface area contributed by atoms with Gasteiger partial charge < -0.3 is 0 Å². The quantitative estimate of drug-likeness (QED) is 0.757. The summed E-state index contributed by atoms with van der Waals surface area (Å²) < 4.78 is 38.4. The third-order valence-electron chi connectivity index (χ3n) is 3.08. The monoisotopic (exact) mass is 243 g/mol. The fraction of sp³-hybridized carbons (Fsp3) is 0.500. The molecular weight excluding hydrogens is 231 g/mol. The number of Topliss-reactive ketones (excluding diaryl/α,β-unsaturated/α-hetero) is 1. The third-order valence-corrected chi connectivity index (χ3v) is 3.08. The van der Waals surface area contributed by atoms with Crippen LogP contribution in [0.5, 0.6) is 0 Å². The maximum absolute atomic E-state index is 12.8. The molecule has 17 heavy (non-hydrogen) atoms. The molecular formula is C12H12F3NO. The van der Waals surface area contributed by atoms with E-state index in [1.54, 1.807) is 0 Å². The van der Waals surface area contributed by atoms with E-state index in [-0.39, 0.29) is 23.7 Å². The summed E-state index contributed by atoms with van der Waals surface area (Å²) in [6.07, 6.45) is -0.0229. The lowest BCUT2D eigenvalue weighted by molar-refractivity contribution is -0.138. The van der Waals surface area contributed by atoms with E-state index in [2.05, 4.69) is 4.98 Å². The van der Waals surface area contributed by atoms with Gasteiger partial charge in [0.1, 0.15) is 5.78 Å². The van der Waals surface area contributed by atoms with E-state index in [4.69, 9.17) is 0 Å². The van der Waals surface area contributed by atoms with Crippen molar-refractivity contribution in [2.75, 3.05) is 0 Å². The zero-order valence-electron chi connectivity index (χ0n) is 9.13. The SMILES string of the molecule is O=C1CCCC(c2cnccc2C(F)(F)F)C1. The topological polar surface area (TPSA) is 30.0 Å². The molecule has 5 heteroatoms. The van der Waals surface area contributed by atoms with Gasteiger partial charge in [-0.1, -0.05) is 0 Å². The van der Waals surface area contributed by atoms with Crippen LogP contribution in [-0.4, -0.2) is 10.8 Å². The number of aromatic nitrogens is 1. The summed E-state index contributed by atoms with van der Waals surface area (Å²) in [4.78, 5) is 15.1. The van der Waals surface area contributed by atoms with Gasteiger partial charge in [0.2, 0.25) is 0 Å². The van der Waals surface area contributed by atoms with Crippen molar-refractivity contribution in [3.05, 3.63) is 29.6 Å². The second-order valence-electron chi connectivity index (χ2n) is 4.29. The molecule has 1 aliphatic carbocycles. The predicted octanol–water partition coefficient (Wildman–Crippen LogP) is 3.33. The van der Waals surface area contributed by atoms with Crippen molar-refractivity contribution in [3.8, 4) is 0 Å². The van der Waals surface area contributed by atoms with Gasteiger partial charge in [-0.3, -0.25) is 9.78 Å². The van der Waals surface area contributed by atoms with Gasteiger partial charge in [-0.25, -0.2) is 0 Å². The van der Waals surface area contributed by atoms with E-state index in [9.17, 15) is 18.0 Å². The van der Waals surface area contributed by atoms with Crippen molar-refractivity contribution < 1.29 is 18.0 Å². The molecule has 0 aliphatic heterocycles. The number of rotatable bonds is 1. The van der Waals surface area contributed by atoms with E-state index < -0.39 is 11.7 Å². The van der Waals surface area contributed by atoms with E-state index in [0.717, 1.165) is 12.3 Å². The summed E-state index contributed by atoms with van der Waals surface area (Å²) in [5, 5.41) is 0. The highest BCUT2D eigenvalue weighted by molar-refractivity contribution is 5.80. The van der Waals surface area contributed by atoms with Crippen LogP contribution in [0.4, 0.5) is 13.2 Å². The fourth-order valence-electron chi connectivity index (χ4n) is 2.28. The normalized spacial score (nSPS) is 21.6. The van der Waals surface area contributed by atoms with Crippen molar-refractivity contribution >= 4 is 5.78 Å². The number of hydrogen-bond donors (Lipinski definition) is 0. The number of hydrogen-bond acceptors (Lipinski definition) is 2. The van der Waals surface area contributed by atoms with E-state index in [1.165, 1.54) is 6.20 Å². The van der Waals surface area contributed by atoms with Crippen LogP contribution >= 0.6 is 0 Å². The molecule has 0 spiro atoms. The Bertz CT molecular complexity index is 428. The standard InChI is InChI=1S/C12H12F3NO/c13-12(14,15)11-4-5-16-7-10(11)8-2-1-3-9(17)6-8/h4-5,7-8H,1-3,6H2. The molecule has 0 aromatic carbocycles. The van der Waals surface area contributed by atoms with Crippen molar-refractivity contribution in [3.63, 3.8) is 0 Å². The Hall–Kier alpha value is -1.39. The number of ketones is 1. The van der Waals surface area contributed by atoms with Gasteiger partial charge in [0, 0.05) is 25.2 Å². The molecule has 1 unspecified atom stereocenters. The third kappa shape index (κ3) is 2.65. The molecule has 1 saturated carbocycles. The van der Waals surface area contributed by atoms with Gasteiger partial charge >= 0.3 is 6.18 Å². The summed E-state index contributed by atoms with van der Waals surface area (Å²) >= 11 is 0. The van der Waals surface area contributed by atoms with Crippen LogP contribution in [0.15, 0.2) is 18.5 Å². The zero-order valence-corrected chi connectivity index (χ0v) is 9.13.